The van der Waals surface area contributed by atoms with Gasteiger partial charge in [0.15, 0.2) is 5.65 Å². The topological polar surface area (TPSA) is 60.0 Å². The first kappa shape index (κ1) is 16.5. The van der Waals surface area contributed by atoms with Gasteiger partial charge in [0.2, 0.25) is 0 Å². The number of aromatic nitrogens is 3. The number of fused-ring (bicyclic) bond motifs is 1. The van der Waals surface area contributed by atoms with E-state index in [1.165, 1.54) is 5.56 Å². The zero-order valence-electron chi connectivity index (χ0n) is 14.1. The summed E-state index contributed by atoms with van der Waals surface area (Å²) in [6.07, 6.45) is 2.94. The van der Waals surface area contributed by atoms with Crippen molar-refractivity contribution in [3.05, 3.63) is 58.9 Å². The van der Waals surface area contributed by atoms with E-state index in [4.69, 9.17) is 22.4 Å². The molecule has 1 aromatic carbocycles. The van der Waals surface area contributed by atoms with Crippen LogP contribution in [0.1, 0.15) is 23.6 Å². The van der Waals surface area contributed by atoms with Gasteiger partial charge in [0.05, 0.1) is 12.2 Å². The number of hydrogen-bond acceptors (Lipinski definition) is 4. The van der Waals surface area contributed by atoms with Crippen LogP contribution in [0.2, 0.25) is 5.02 Å². The Bertz CT molecular complexity index is 875. The molecule has 0 radical (unpaired) electrons. The van der Waals surface area contributed by atoms with Gasteiger partial charge >= 0.3 is 0 Å². The lowest BCUT2D eigenvalue weighted by Crippen LogP contribution is -2.20. The van der Waals surface area contributed by atoms with E-state index in [-0.39, 0.29) is 0 Å². The molecule has 5 nitrogen and oxygen atoms in total. The van der Waals surface area contributed by atoms with Gasteiger partial charge in [0.25, 0.3) is 0 Å². The van der Waals surface area contributed by atoms with Crippen LogP contribution in [0.4, 0.5) is 0 Å². The molecule has 0 amide bonds. The van der Waals surface area contributed by atoms with Crippen LogP contribution < -0.4 is 5.73 Å². The summed E-state index contributed by atoms with van der Waals surface area (Å²) in [7, 11) is 0. The summed E-state index contributed by atoms with van der Waals surface area (Å²) < 4.78 is 1.95. The van der Waals surface area contributed by atoms with Crippen molar-refractivity contribution in [1.29, 1.82) is 0 Å². The molecule has 4 rings (SSSR count). The average molecular weight is 356 g/mol. The van der Waals surface area contributed by atoms with Gasteiger partial charge < -0.3 is 5.73 Å². The highest BCUT2D eigenvalue weighted by atomic mass is 35.5. The maximum atomic E-state index is 6.10. The number of rotatable bonds is 5. The third-order valence-electron chi connectivity index (χ3n) is 4.83. The molecule has 0 bridgehead atoms. The zero-order valence-corrected chi connectivity index (χ0v) is 14.9. The Balaban J connectivity index is 1.54. The Hall–Kier alpha value is -1.95. The molecule has 3 aromatic rings. The first-order valence-corrected chi connectivity index (χ1v) is 9.10. The molecule has 0 aliphatic carbocycles. The number of benzene rings is 1. The molecular formula is C19H22ClN5. The van der Waals surface area contributed by atoms with Gasteiger partial charge in [-0.25, -0.2) is 9.67 Å². The lowest BCUT2D eigenvalue weighted by molar-refractivity contribution is 0.326. The summed E-state index contributed by atoms with van der Waals surface area (Å²) in [6.45, 7) is 4.28. The smallest absolute Gasteiger partial charge is 0.158 e. The summed E-state index contributed by atoms with van der Waals surface area (Å²) in [5.74, 6) is 0.435. The summed E-state index contributed by atoms with van der Waals surface area (Å²) >= 11 is 6.10. The first-order chi connectivity index (χ1) is 12.2. The molecule has 0 spiro atoms. The van der Waals surface area contributed by atoms with E-state index in [1.807, 2.05) is 35.1 Å². The second-order valence-corrected chi connectivity index (χ2v) is 7.06. The molecule has 130 valence electrons. The molecule has 1 aliphatic rings. The maximum absolute atomic E-state index is 6.10. The van der Waals surface area contributed by atoms with Crippen LogP contribution >= 0.6 is 11.6 Å². The van der Waals surface area contributed by atoms with E-state index in [0.717, 1.165) is 47.8 Å². The van der Waals surface area contributed by atoms with Crippen molar-refractivity contribution in [1.82, 2.24) is 19.7 Å². The molecule has 1 saturated heterocycles. The fourth-order valence-corrected chi connectivity index (χ4v) is 3.92. The number of nitrogens with zero attached hydrogens (tertiary/aromatic N) is 4. The Labute approximate surface area is 152 Å². The van der Waals surface area contributed by atoms with Crippen molar-refractivity contribution in [3.8, 4) is 0 Å². The van der Waals surface area contributed by atoms with Crippen molar-refractivity contribution < 1.29 is 0 Å². The SMILES string of the molecule is NCCn1nc([C@@H]2CCN(Cc3cccc(Cl)c3)C2)c2cccnc21. The molecule has 1 atom stereocenters. The predicted octanol–water partition coefficient (Wildman–Crippen LogP) is 3.03. The number of likely N-dealkylation sites (tertiary alicyclic amines) is 1. The van der Waals surface area contributed by atoms with Gasteiger partial charge in [-0.1, -0.05) is 23.7 Å². The second-order valence-electron chi connectivity index (χ2n) is 6.62. The highest BCUT2D eigenvalue weighted by molar-refractivity contribution is 6.30. The molecular weight excluding hydrogens is 334 g/mol. The number of hydrogen-bond donors (Lipinski definition) is 1. The van der Waals surface area contributed by atoms with Crippen LogP contribution in [0.25, 0.3) is 11.0 Å². The average Bonchev–Trinajstić information content (AvgIpc) is 3.20. The summed E-state index contributed by atoms with van der Waals surface area (Å²) in [4.78, 5) is 6.98. The van der Waals surface area contributed by atoms with Crippen molar-refractivity contribution in [2.45, 2.75) is 25.4 Å². The quantitative estimate of drug-likeness (QED) is 0.764. The minimum Gasteiger partial charge on any atom is -0.329 e. The third-order valence-corrected chi connectivity index (χ3v) is 5.07. The highest BCUT2D eigenvalue weighted by Gasteiger charge is 2.28. The Morgan fingerprint density at radius 2 is 2.16 bits per heavy atom. The number of nitrogens with two attached hydrogens (primary N) is 1. The summed E-state index contributed by atoms with van der Waals surface area (Å²) in [5.41, 5.74) is 9.08. The normalized spacial score (nSPS) is 18.2. The van der Waals surface area contributed by atoms with Gasteiger partial charge in [-0.15, -0.1) is 0 Å². The van der Waals surface area contributed by atoms with Crippen LogP contribution in [0, 0.1) is 0 Å². The molecule has 3 heterocycles. The van der Waals surface area contributed by atoms with Gasteiger partial charge in [-0.3, -0.25) is 4.90 Å². The van der Waals surface area contributed by atoms with Crippen molar-refractivity contribution in [3.63, 3.8) is 0 Å². The van der Waals surface area contributed by atoms with Crippen LogP contribution in [-0.4, -0.2) is 39.3 Å². The predicted molar refractivity (Wildman–Crippen MR) is 101 cm³/mol. The summed E-state index contributed by atoms with van der Waals surface area (Å²) in [5, 5.41) is 6.80. The molecule has 1 fully saturated rings. The largest absolute Gasteiger partial charge is 0.329 e. The summed E-state index contributed by atoms with van der Waals surface area (Å²) in [6, 6.07) is 12.2. The van der Waals surface area contributed by atoms with Crippen LogP contribution in [0.15, 0.2) is 42.6 Å². The molecule has 1 aliphatic heterocycles. The lowest BCUT2D eigenvalue weighted by atomic mass is 10.0. The van der Waals surface area contributed by atoms with E-state index in [0.29, 0.717) is 19.0 Å². The van der Waals surface area contributed by atoms with Gasteiger partial charge in [0, 0.05) is 42.2 Å². The fourth-order valence-electron chi connectivity index (χ4n) is 3.71. The van der Waals surface area contributed by atoms with E-state index >= 15 is 0 Å². The molecule has 25 heavy (non-hydrogen) atoms. The van der Waals surface area contributed by atoms with Gasteiger partial charge in [0.1, 0.15) is 0 Å². The molecule has 6 heteroatoms. The first-order valence-electron chi connectivity index (χ1n) is 8.73. The number of pyridine rings is 1. The van der Waals surface area contributed by atoms with E-state index in [9.17, 15) is 0 Å². The number of halogens is 1. The van der Waals surface area contributed by atoms with Gasteiger partial charge in [-0.2, -0.15) is 5.10 Å². The van der Waals surface area contributed by atoms with Crippen molar-refractivity contribution in [2.75, 3.05) is 19.6 Å². The Kier molecular flexibility index (Phi) is 4.70. The Morgan fingerprint density at radius 1 is 1.24 bits per heavy atom. The van der Waals surface area contributed by atoms with Gasteiger partial charge in [-0.05, 0) is 42.8 Å². The van der Waals surface area contributed by atoms with Crippen LogP contribution in [-0.2, 0) is 13.1 Å². The van der Waals surface area contributed by atoms with E-state index < -0.39 is 0 Å². The third kappa shape index (κ3) is 3.40. The van der Waals surface area contributed by atoms with E-state index in [2.05, 4.69) is 22.0 Å². The minimum atomic E-state index is 0.435. The molecule has 2 aromatic heterocycles. The standard InChI is InChI=1S/C19H22ClN5/c20-16-4-1-3-14(11-16)12-24-9-6-15(13-24)18-17-5-2-8-22-19(17)25(23-18)10-7-21/h1-5,8,11,15H,6-7,9-10,12-13,21H2/t15-/m1/s1. The fraction of sp³-hybridized carbons (Fsp3) is 0.368. The van der Waals surface area contributed by atoms with Crippen LogP contribution in [0.5, 0.6) is 0 Å². The monoisotopic (exact) mass is 355 g/mol. The minimum absolute atomic E-state index is 0.435. The van der Waals surface area contributed by atoms with Crippen molar-refractivity contribution in [2.24, 2.45) is 5.73 Å². The lowest BCUT2D eigenvalue weighted by Gasteiger charge is -2.15. The molecule has 0 unspecified atom stereocenters. The zero-order chi connectivity index (χ0) is 17.2. The van der Waals surface area contributed by atoms with Crippen molar-refractivity contribution >= 4 is 22.6 Å². The highest BCUT2D eigenvalue weighted by Crippen LogP contribution is 2.32. The maximum Gasteiger partial charge on any atom is 0.158 e. The van der Waals surface area contributed by atoms with E-state index in [1.54, 1.807) is 0 Å². The Morgan fingerprint density at radius 3 is 3.00 bits per heavy atom. The molecule has 2 N–H and O–H groups in total. The van der Waals surface area contributed by atoms with Crippen LogP contribution in [0.3, 0.4) is 0 Å². The second kappa shape index (κ2) is 7.12. The molecule has 0 saturated carbocycles.